The van der Waals surface area contributed by atoms with Gasteiger partial charge in [-0.3, -0.25) is 4.79 Å². The molecule has 28 heavy (non-hydrogen) atoms. The topological polar surface area (TPSA) is 59.8 Å². The quantitative estimate of drug-likeness (QED) is 0.569. The monoisotopic (exact) mass is 418 g/mol. The molecule has 0 bridgehead atoms. The van der Waals surface area contributed by atoms with Gasteiger partial charge in [0.25, 0.3) is 0 Å². The summed E-state index contributed by atoms with van der Waals surface area (Å²) >= 11 is 3.34. The normalized spacial score (nSPS) is 20.6. The predicted molar refractivity (Wildman–Crippen MR) is 116 cm³/mol. The van der Waals surface area contributed by atoms with Gasteiger partial charge in [-0.15, -0.1) is 21.5 Å². The molecule has 2 aliphatic rings. The molecule has 2 aromatic heterocycles. The summed E-state index contributed by atoms with van der Waals surface area (Å²) in [6.07, 6.45) is 10.9. The van der Waals surface area contributed by atoms with Crippen LogP contribution in [0.5, 0.6) is 0 Å². The molecule has 0 spiro atoms. The number of carbonyl (C=O) groups is 1. The Balaban J connectivity index is 1.38. The maximum Gasteiger partial charge on any atom is 0.230 e. The lowest BCUT2D eigenvalue weighted by Gasteiger charge is -2.18. The summed E-state index contributed by atoms with van der Waals surface area (Å²) in [6.45, 7) is 2.33. The number of thioether (sulfide) groups is 1. The van der Waals surface area contributed by atoms with Crippen molar-refractivity contribution in [3.63, 3.8) is 0 Å². The third-order valence-corrected chi connectivity index (χ3v) is 8.10. The van der Waals surface area contributed by atoms with Crippen LogP contribution >= 0.6 is 23.1 Å². The lowest BCUT2D eigenvalue weighted by molar-refractivity contribution is -0.119. The van der Waals surface area contributed by atoms with Crippen LogP contribution in [0, 0.1) is 5.92 Å². The van der Waals surface area contributed by atoms with Gasteiger partial charge < -0.3 is 9.88 Å². The van der Waals surface area contributed by atoms with Crippen LogP contribution in [0.3, 0.4) is 0 Å². The van der Waals surface area contributed by atoms with E-state index in [9.17, 15) is 4.79 Å². The van der Waals surface area contributed by atoms with Gasteiger partial charge in [0.1, 0.15) is 0 Å². The first-order valence-electron chi connectivity index (χ1n) is 10.5. The minimum Gasteiger partial charge on any atom is -0.353 e. The molecule has 7 heteroatoms. The maximum absolute atomic E-state index is 12.4. The molecule has 1 N–H and O–H groups in total. The van der Waals surface area contributed by atoms with Gasteiger partial charge in [-0.1, -0.05) is 44.4 Å². The van der Waals surface area contributed by atoms with Crippen LogP contribution in [0.25, 0.3) is 11.4 Å². The van der Waals surface area contributed by atoms with Crippen LogP contribution in [-0.4, -0.2) is 32.5 Å². The van der Waals surface area contributed by atoms with Crippen molar-refractivity contribution in [1.29, 1.82) is 0 Å². The Morgan fingerprint density at radius 3 is 2.82 bits per heavy atom. The van der Waals surface area contributed by atoms with Gasteiger partial charge in [0.15, 0.2) is 11.0 Å². The fourth-order valence-electron chi connectivity index (χ4n) is 4.36. The molecule has 2 aromatic rings. The first kappa shape index (κ1) is 20.0. The van der Waals surface area contributed by atoms with E-state index in [1.807, 2.05) is 23.0 Å². The highest BCUT2D eigenvalue weighted by molar-refractivity contribution is 7.99. The summed E-state index contributed by atoms with van der Waals surface area (Å²) in [5.41, 5.74) is 2.69. The van der Waals surface area contributed by atoms with E-state index in [0.717, 1.165) is 36.2 Å². The Kier molecular flexibility index (Phi) is 6.41. The minimum atomic E-state index is 0.114. The molecule has 2 aliphatic carbocycles. The molecule has 1 fully saturated rings. The van der Waals surface area contributed by atoms with Crippen molar-refractivity contribution < 1.29 is 4.79 Å². The molecule has 0 aliphatic heterocycles. The molecular weight excluding hydrogens is 388 g/mol. The molecule has 1 saturated carbocycles. The predicted octanol–water partition coefficient (Wildman–Crippen LogP) is 4.60. The average Bonchev–Trinajstić information content (AvgIpc) is 3.14. The minimum absolute atomic E-state index is 0.114. The molecule has 5 nitrogen and oxygen atoms in total. The lowest BCUT2D eigenvalue weighted by Crippen LogP contribution is -2.35. The first-order valence-corrected chi connectivity index (χ1v) is 12.4. The average molecular weight is 419 g/mol. The zero-order chi connectivity index (χ0) is 19.5. The molecule has 0 saturated heterocycles. The third-order valence-electron chi connectivity index (χ3n) is 6.03. The number of fused-ring (bicyclic) bond motifs is 1. The highest BCUT2D eigenvalue weighted by atomic mass is 32.2. The number of thiophene rings is 1. The zero-order valence-electron chi connectivity index (χ0n) is 16.9. The van der Waals surface area contributed by atoms with Crippen molar-refractivity contribution in [2.45, 2.75) is 75.9 Å². The summed E-state index contributed by atoms with van der Waals surface area (Å²) < 4.78 is 2.05. The van der Waals surface area contributed by atoms with E-state index < -0.39 is 0 Å². The van der Waals surface area contributed by atoms with E-state index in [1.54, 1.807) is 0 Å². The van der Waals surface area contributed by atoms with Crippen LogP contribution in [0.4, 0.5) is 0 Å². The fourth-order valence-corrected chi connectivity index (χ4v) is 6.33. The first-order chi connectivity index (χ1) is 13.6. The third kappa shape index (κ3) is 4.46. The van der Waals surface area contributed by atoms with Gasteiger partial charge in [0.05, 0.1) is 5.75 Å². The molecule has 4 rings (SSSR count). The van der Waals surface area contributed by atoms with Crippen LogP contribution in [0.2, 0.25) is 0 Å². The number of amides is 1. The van der Waals surface area contributed by atoms with Crippen molar-refractivity contribution >= 4 is 29.0 Å². The van der Waals surface area contributed by atoms with Crippen molar-refractivity contribution in [2.24, 2.45) is 13.0 Å². The van der Waals surface area contributed by atoms with E-state index in [0.29, 0.717) is 11.8 Å². The van der Waals surface area contributed by atoms with E-state index >= 15 is 0 Å². The Morgan fingerprint density at radius 2 is 2.04 bits per heavy atom. The number of hydrogen-bond donors (Lipinski definition) is 1. The highest BCUT2D eigenvalue weighted by Gasteiger charge is 2.24. The highest BCUT2D eigenvalue weighted by Crippen LogP contribution is 2.38. The Hall–Kier alpha value is -1.34. The van der Waals surface area contributed by atoms with Gasteiger partial charge in [0, 0.05) is 28.9 Å². The summed E-state index contributed by atoms with van der Waals surface area (Å²) in [6, 6.07) is 0.352. The van der Waals surface area contributed by atoms with Gasteiger partial charge >= 0.3 is 0 Å². The van der Waals surface area contributed by atoms with Gasteiger partial charge in [-0.25, -0.2) is 0 Å². The number of nitrogens with one attached hydrogen (secondary N) is 1. The van der Waals surface area contributed by atoms with Crippen LogP contribution < -0.4 is 5.32 Å². The van der Waals surface area contributed by atoms with Crippen molar-refractivity contribution in [2.75, 3.05) is 5.75 Å². The number of rotatable bonds is 5. The maximum atomic E-state index is 12.4. The van der Waals surface area contributed by atoms with Crippen LogP contribution in [0.15, 0.2) is 10.5 Å². The standard InChI is InChI=1S/C21H30N4OS2/c1-14-9-10-16-17(12-27-18(16)11-14)20-23-24-21(25(20)2)28-13-19(26)22-15-7-5-3-4-6-8-15/h12,14-15H,3-11,13H2,1-2H3,(H,22,26). The Morgan fingerprint density at radius 1 is 1.25 bits per heavy atom. The second-order valence-electron chi connectivity index (χ2n) is 8.31. The zero-order valence-corrected chi connectivity index (χ0v) is 18.5. The molecule has 0 aromatic carbocycles. The van der Waals surface area contributed by atoms with Crippen LogP contribution in [-0.2, 0) is 24.7 Å². The van der Waals surface area contributed by atoms with E-state index in [4.69, 9.17) is 0 Å². The smallest absolute Gasteiger partial charge is 0.230 e. The lowest BCUT2D eigenvalue weighted by atomic mass is 9.88. The van der Waals surface area contributed by atoms with Gasteiger partial charge in [0.2, 0.25) is 5.91 Å². The van der Waals surface area contributed by atoms with Crippen molar-refractivity contribution in [1.82, 2.24) is 20.1 Å². The summed E-state index contributed by atoms with van der Waals surface area (Å²) in [5, 5.41) is 15.1. The van der Waals surface area contributed by atoms with E-state index in [2.05, 4.69) is 27.8 Å². The number of hydrogen-bond acceptors (Lipinski definition) is 5. The fraction of sp³-hybridized carbons (Fsp3) is 0.667. The van der Waals surface area contributed by atoms with Gasteiger partial charge in [-0.2, -0.15) is 0 Å². The molecule has 2 heterocycles. The summed E-state index contributed by atoms with van der Waals surface area (Å²) in [4.78, 5) is 13.9. The molecular formula is C21H30N4OS2. The van der Waals surface area contributed by atoms with Crippen LogP contribution in [0.1, 0.15) is 62.3 Å². The van der Waals surface area contributed by atoms with Gasteiger partial charge in [-0.05, 0) is 43.6 Å². The second-order valence-corrected chi connectivity index (χ2v) is 10.2. The van der Waals surface area contributed by atoms with Crippen molar-refractivity contribution in [3.8, 4) is 11.4 Å². The number of carbonyl (C=O) groups excluding carboxylic acids is 1. The SMILES string of the molecule is CC1CCc2c(-c3nnc(SCC(=O)NC4CCCCCC4)n3C)csc2C1. The summed E-state index contributed by atoms with van der Waals surface area (Å²) in [5.74, 6) is 2.22. The van der Waals surface area contributed by atoms with Crippen molar-refractivity contribution in [3.05, 3.63) is 15.8 Å². The summed E-state index contributed by atoms with van der Waals surface area (Å²) in [7, 11) is 2.01. The molecule has 1 unspecified atom stereocenters. The molecule has 1 amide bonds. The van der Waals surface area contributed by atoms with E-state index in [-0.39, 0.29) is 5.91 Å². The largest absolute Gasteiger partial charge is 0.353 e. The number of aromatic nitrogens is 3. The Bertz CT molecular complexity index is 820. The second kappa shape index (κ2) is 8.99. The molecule has 0 radical (unpaired) electrons. The number of nitrogens with zero attached hydrogens (tertiary/aromatic N) is 3. The molecule has 152 valence electrons. The van der Waals surface area contributed by atoms with E-state index in [1.165, 1.54) is 66.3 Å². The Labute approximate surface area is 175 Å². The molecule has 1 atom stereocenters.